The fourth-order valence-corrected chi connectivity index (χ4v) is 6.82. The molecule has 1 atom stereocenters. The van der Waals surface area contributed by atoms with E-state index < -0.39 is 20.5 Å². The standard InChI is InChI=1S/C24H28N4O3S/c1-17-6-7-18(2)22(14-17)32(30,31)24(12-4-5-13-24)23(29)27-19(3)20-8-10-21(11-9-20)28-16-25-15-26-28/h6-11,14-16,19H,4-5,12-13H2,1-3H3,(H,27,29). The molecular formula is C24H28N4O3S. The van der Waals surface area contributed by atoms with E-state index in [1.807, 2.05) is 50.2 Å². The van der Waals surface area contributed by atoms with Crippen molar-refractivity contribution in [3.8, 4) is 5.69 Å². The lowest BCUT2D eigenvalue weighted by atomic mass is 10.0. The number of amides is 1. The predicted molar refractivity (Wildman–Crippen MR) is 122 cm³/mol. The molecule has 0 bridgehead atoms. The van der Waals surface area contributed by atoms with Gasteiger partial charge in [-0.15, -0.1) is 0 Å². The fourth-order valence-electron chi connectivity index (χ4n) is 4.44. The molecule has 0 radical (unpaired) electrons. The van der Waals surface area contributed by atoms with Crippen LogP contribution in [0.15, 0.2) is 60.0 Å². The highest BCUT2D eigenvalue weighted by Gasteiger charge is 2.53. The first-order valence-corrected chi connectivity index (χ1v) is 12.3. The summed E-state index contributed by atoms with van der Waals surface area (Å²) in [6.45, 7) is 5.52. The Morgan fingerprint density at radius 3 is 2.41 bits per heavy atom. The number of benzene rings is 2. The summed E-state index contributed by atoms with van der Waals surface area (Å²) < 4.78 is 27.8. The third kappa shape index (κ3) is 3.83. The number of aromatic nitrogens is 3. The second-order valence-electron chi connectivity index (χ2n) is 8.60. The molecule has 1 aromatic heterocycles. The van der Waals surface area contributed by atoms with Gasteiger partial charge < -0.3 is 5.32 Å². The lowest BCUT2D eigenvalue weighted by molar-refractivity contribution is -0.124. The maximum absolute atomic E-state index is 13.8. The van der Waals surface area contributed by atoms with E-state index in [0.29, 0.717) is 18.4 Å². The van der Waals surface area contributed by atoms with Gasteiger partial charge >= 0.3 is 0 Å². The van der Waals surface area contributed by atoms with Gasteiger partial charge in [0.05, 0.1) is 16.6 Å². The Morgan fingerprint density at radius 2 is 1.78 bits per heavy atom. The van der Waals surface area contributed by atoms with Crippen molar-refractivity contribution >= 4 is 15.7 Å². The second-order valence-corrected chi connectivity index (χ2v) is 10.8. The SMILES string of the molecule is Cc1ccc(C)c(S(=O)(=O)C2(C(=O)NC(C)c3ccc(-n4cncn4)cc3)CCCC2)c1. The van der Waals surface area contributed by atoms with Crippen LogP contribution in [0.5, 0.6) is 0 Å². The molecule has 0 saturated heterocycles. The number of nitrogens with zero attached hydrogens (tertiary/aromatic N) is 3. The minimum atomic E-state index is -3.85. The van der Waals surface area contributed by atoms with Crippen molar-refractivity contribution in [1.29, 1.82) is 0 Å². The molecule has 0 spiro atoms. The molecule has 168 valence electrons. The van der Waals surface area contributed by atoms with E-state index in [9.17, 15) is 13.2 Å². The van der Waals surface area contributed by atoms with Crippen LogP contribution in [0.3, 0.4) is 0 Å². The van der Waals surface area contributed by atoms with Gasteiger partial charge in [-0.25, -0.2) is 18.1 Å². The Bertz CT molecular complexity index is 1210. The Hall–Kier alpha value is -3.00. The normalized spacial score (nSPS) is 16.6. The summed E-state index contributed by atoms with van der Waals surface area (Å²) in [4.78, 5) is 17.7. The monoisotopic (exact) mass is 452 g/mol. The number of nitrogens with one attached hydrogen (secondary N) is 1. The van der Waals surface area contributed by atoms with Crippen molar-refractivity contribution in [2.24, 2.45) is 0 Å². The first-order chi connectivity index (χ1) is 15.2. The van der Waals surface area contributed by atoms with E-state index in [1.165, 1.54) is 6.33 Å². The number of carbonyl (C=O) groups is 1. The molecule has 1 aliphatic rings. The highest BCUT2D eigenvalue weighted by molar-refractivity contribution is 7.93. The van der Waals surface area contributed by atoms with E-state index in [1.54, 1.807) is 24.0 Å². The number of aryl methyl sites for hydroxylation is 2. The van der Waals surface area contributed by atoms with Gasteiger partial charge in [0.15, 0.2) is 14.6 Å². The van der Waals surface area contributed by atoms with Crippen LogP contribution in [0.2, 0.25) is 0 Å². The van der Waals surface area contributed by atoms with Crippen LogP contribution in [0.25, 0.3) is 5.69 Å². The van der Waals surface area contributed by atoms with Gasteiger partial charge in [0.25, 0.3) is 0 Å². The summed E-state index contributed by atoms with van der Waals surface area (Å²) >= 11 is 0. The van der Waals surface area contributed by atoms with Gasteiger partial charge in [0.1, 0.15) is 12.7 Å². The zero-order valence-electron chi connectivity index (χ0n) is 18.6. The number of hydrogen-bond donors (Lipinski definition) is 1. The van der Waals surface area contributed by atoms with Crippen molar-refractivity contribution in [1.82, 2.24) is 20.1 Å². The van der Waals surface area contributed by atoms with Gasteiger partial charge in [-0.1, -0.05) is 37.1 Å². The highest BCUT2D eigenvalue weighted by Crippen LogP contribution is 2.42. The summed E-state index contributed by atoms with van der Waals surface area (Å²) in [5.41, 5.74) is 3.28. The van der Waals surface area contributed by atoms with Crippen molar-refractivity contribution in [2.75, 3.05) is 0 Å². The summed E-state index contributed by atoms with van der Waals surface area (Å²) in [6, 6.07) is 12.6. The topological polar surface area (TPSA) is 94.0 Å². The largest absolute Gasteiger partial charge is 0.348 e. The average molecular weight is 453 g/mol. The van der Waals surface area contributed by atoms with Crippen LogP contribution in [-0.2, 0) is 14.6 Å². The molecule has 1 amide bonds. The van der Waals surface area contributed by atoms with Crippen molar-refractivity contribution in [2.45, 2.75) is 62.1 Å². The lowest BCUT2D eigenvalue weighted by Crippen LogP contribution is -2.51. The first kappa shape index (κ1) is 22.2. The van der Waals surface area contributed by atoms with Crippen LogP contribution in [-0.4, -0.2) is 33.8 Å². The van der Waals surface area contributed by atoms with Gasteiger partial charge in [-0.3, -0.25) is 4.79 Å². The molecule has 1 aliphatic carbocycles. The Labute approximate surface area is 188 Å². The molecule has 1 N–H and O–H groups in total. The van der Waals surface area contributed by atoms with E-state index in [0.717, 1.165) is 29.7 Å². The average Bonchev–Trinajstić information content (AvgIpc) is 3.48. The van der Waals surface area contributed by atoms with Gasteiger partial charge in [-0.2, -0.15) is 5.10 Å². The second kappa shape index (κ2) is 8.50. The summed E-state index contributed by atoms with van der Waals surface area (Å²) in [6.07, 6.45) is 5.20. The Balaban J connectivity index is 1.60. The van der Waals surface area contributed by atoms with Gasteiger partial charge in [-0.05, 0) is 68.5 Å². The number of rotatable bonds is 6. The van der Waals surface area contributed by atoms with Crippen LogP contribution >= 0.6 is 0 Å². The zero-order chi connectivity index (χ0) is 22.9. The molecular weight excluding hydrogens is 424 g/mol. The molecule has 4 rings (SSSR count). The van der Waals surface area contributed by atoms with Crippen LogP contribution in [0.4, 0.5) is 0 Å². The maximum atomic E-state index is 13.8. The van der Waals surface area contributed by atoms with Crippen LogP contribution < -0.4 is 5.32 Å². The molecule has 7 nitrogen and oxygen atoms in total. The minimum Gasteiger partial charge on any atom is -0.348 e. The van der Waals surface area contributed by atoms with E-state index >= 15 is 0 Å². The molecule has 0 aliphatic heterocycles. The smallest absolute Gasteiger partial charge is 0.242 e. The van der Waals surface area contributed by atoms with Crippen molar-refractivity contribution in [3.05, 3.63) is 71.8 Å². The minimum absolute atomic E-state index is 0.263. The predicted octanol–water partition coefficient (Wildman–Crippen LogP) is 3.85. The summed E-state index contributed by atoms with van der Waals surface area (Å²) in [5.74, 6) is -0.413. The molecule has 1 saturated carbocycles. The molecule has 3 aromatic rings. The van der Waals surface area contributed by atoms with E-state index in [2.05, 4.69) is 15.4 Å². The third-order valence-corrected chi connectivity index (χ3v) is 9.04. The third-order valence-electron chi connectivity index (χ3n) is 6.40. The molecule has 1 fully saturated rings. The molecule has 1 unspecified atom stereocenters. The maximum Gasteiger partial charge on any atom is 0.242 e. The van der Waals surface area contributed by atoms with Crippen LogP contribution in [0.1, 0.15) is 55.3 Å². The number of sulfone groups is 1. The molecule has 1 heterocycles. The number of carbonyl (C=O) groups excluding carboxylic acids is 1. The fraction of sp³-hybridized carbons (Fsp3) is 0.375. The van der Waals surface area contributed by atoms with E-state index in [-0.39, 0.29) is 10.9 Å². The first-order valence-electron chi connectivity index (χ1n) is 10.8. The van der Waals surface area contributed by atoms with Gasteiger partial charge in [0, 0.05) is 0 Å². The Morgan fingerprint density at radius 1 is 1.09 bits per heavy atom. The quantitative estimate of drug-likeness (QED) is 0.613. The molecule has 8 heteroatoms. The highest BCUT2D eigenvalue weighted by atomic mass is 32.2. The zero-order valence-corrected chi connectivity index (χ0v) is 19.4. The lowest BCUT2D eigenvalue weighted by Gasteiger charge is -2.30. The molecule has 32 heavy (non-hydrogen) atoms. The van der Waals surface area contributed by atoms with E-state index in [4.69, 9.17) is 0 Å². The Kier molecular flexibility index (Phi) is 5.90. The number of hydrogen-bond acceptors (Lipinski definition) is 5. The molecule has 2 aromatic carbocycles. The van der Waals surface area contributed by atoms with Crippen molar-refractivity contribution in [3.63, 3.8) is 0 Å². The van der Waals surface area contributed by atoms with Crippen LogP contribution in [0, 0.1) is 13.8 Å². The summed E-state index contributed by atoms with van der Waals surface area (Å²) in [5, 5.41) is 7.10. The van der Waals surface area contributed by atoms with Crippen molar-refractivity contribution < 1.29 is 13.2 Å². The summed E-state index contributed by atoms with van der Waals surface area (Å²) in [7, 11) is -3.85. The van der Waals surface area contributed by atoms with Gasteiger partial charge in [0.2, 0.25) is 5.91 Å².